The second-order valence-electron chi connectivity index (χ2n) is 6.29. The van der Waals surface area contributed by atoms with Crippen LogP contribution in [0.25, 0.3) is 11.3 Å². The van der Waals surface area contributed by atoms with E-state index >= 15 is 0 Å². The maximum absolute atomic E-state index is 11.5. The molecule has 0 saturated heterocycles. The summed E-state index contributed by atoms with van der Waals surface area (Å²) in [5.41, 5.74) is 8.05. The number of hydrogen-bond acceptors (Lipinski definition) is 3. The molecule has 0 radical (unpaired) electrons. The largest absolute Gasteiger partial charge is 0.465 e. The number of carboxylic acid groups (broad SMARTS) is 1. The summed E-state index contributed by atoms with van der Waals surface area (Å²) in [6.07, 6.45) is -0.972. The van der Waals surface area contributed by atoms with Gasteiger partial charge in [0, 0.05) is 11.1 Å². The van der Waals surface area contributed by atoms with E-state index in [1.807, 2.05) is 45.0 Å². The van der Waals surface area contributed by atoms with Gasteiger partial charge in [-0.15, -0.1) is 0 Å². The third kappa shape index (κ3) is 4.13. The molecular weight excluding hydrogens is 314 g/mol. The van der Waals surface area contributed by atoms with E-state index in [-0.39, 0.29) is 6.54 Å². The van der Waals surface area contributed by atoms with Crippen LogP contribution in [0.4, 0.5) is 10.5 Å². The number of hydrogen-bond donors (Lipinski definition) is 2. The Bertz CT molecular complexity index is 726. The molecule has 23 heavy (non-hydrogen) atoms. The topological polar surface area (TPSA) is 79.5 Å². The normalized spacial score (nSPS) is 11.3. The quantitative estimate of drug-likeness (QED) is 0.822. The molecular formula is C17H20ClN3O2. The Morgan fingerprint density at radius 3 is 2.57 bits per heavy atom. The Kier molecular flexibility index (Phi) is 4.80. The molecule has 0 fully saturated rings. The van der Waals surface area contributed by atoms with Crippen LogP contribution in [0, 0.1) is 0 Å². The van der Waals surface area contributed by atoms with E-state index < -0.39 is 11.6 Å². The highest BCUT2D eigenvalue weighted by Crippen LogP contribution is 2.26. The van der Waals surface area contributed by atoms with Crippen molar-refractivity contribution in [3.8, 4) is 11.3 Å². The fourth-order valence-corrected chi connectivity index (χ4v) is 2.30. The Morgan fingerprint density at radius 1 is 1.30 bits per heavy atom. The number of halogens is 1. The minimum absolute atomic E-state index is 0.218. The Labute approximate surface area is 140 Å². The highest BCUT2D eigenvalue weighted by Gasteiger charge is 2.26. The number of amides is 1. The van der Waals surface area contributed by atoms with Crippen molar-refractivity contribution in [3.05, 3.63) is 47.1 Å². The second kappa shape index (κ2) is 6.46. The summed E-state index contributed by atoms with van der Waals surface area (Å²) < 4.78 is 0. The van der Waals surface area contributed by atoms with Crippen molar-refractivity contribution in [1.82, 2.24) is 9.88 Å². The fraction of sp³-hybridized carbons (Fsp3) is 0.294. The van der Waals surface area contributed by atoms with E-state index in [4.69, 9.17) is 17.3 Å². The molecule has 0 unspecified atom stereocenters. The number of nitrogen functional groups attached to an aromatic ring is 1. The number of nitrogens with zero attached hydrogens (tertiary/aromatic N) is 2. The second-order valence-corrected chi connectivity index (χ2v) is 6.70. The van der Waals surface area contributed by atoms with Gasteiger partial charge in [-0.05, 0) is 45.0 Å². The van der Waals surface area contributed by atoms with Gasteiger partial charge < -0.3 is 10.8 Å². The third-order valence-corrected chi connectivity index (χ3v) is 3.80. The summed E-state index contributed by atoms with van der Waals surface area (Å²) in [5, 5.41) is 9.89. The molecule has 3 N–H and O–H groups in total. The van der Waals surface area contributed by atoms with Crippen LogP contribution in [0.1, 0.15) is 26.5 Å². The molecule has 122 valence electrons. The molecule has 1 aromatic carbocycles. The number of carbonyl (C=O) groups is 1. The number of pyridine rings is 1. The van der Waals surface area contributed by atoms with Crippen LogP contribution in [0.15, 0.2) is 36.4 Å². The van der Waals surface area contributed by atoms with Gasteiger partial charge in [0.05, 0.1) is 28.6 Å². The van der Waals surface area contributed by atoms with Gasteiger partial charge in [-0.3, -0.25) is 9.88 Å². The molecule has 1 heterocycles. The summed E-state index contributed by atoms with van der Waals surface area (Å²) >= 11 is 5.94. The lowest BCUT2D eigenvalue weighted by Crippen LogP contribution is -2.44. The zero-order valence-corrected chi connectivity index (χ0v) is 14.1. The first-order chi connectivity index (χ1) is 10.7. The minimum atomic E-state index is -0.972. The average molecular weight is 334 g/mol. The zero-order valence-electron chi connectivity index (χ0n) is 13.4. The van der Waals surface area contributed by atoms with E-state index in [0.717, 1.165) is 11.3 Å². The van der Waals surface area contributed by atoms with Gasteiger partial charge in [-0.2, -0.15) is 0 Å². The summed E-state index contributed by atoms with van der Waals surface area (Å²) in [4.78, 5) is 17.4. The van der Waals surface area contributed by atoms with Crippen molar-refractivity contribution < 1.29 is 9.90 Å². The first-order valence-electron chi connectivity index (χ1n) is 7.20. The van der Waals surface area contributed by atoms with Crippen molar-refractivity contribution in [1.29, 1.82) is 0 Å². The molecule has 0 aliphatic heterocycles. The summed E-state index contributed by atoms with van der Waals surface area (Å²) in [5.74, 6) is 0. The molecule has 0 saturated carbocycles. The van der Waals surface area contributed by atoms with Gasteiger partial charge in [0.2, 0.25) is 0 Å². The molecule has 5 nitrogen and oxygen atoms in total. The third-order valence-electron chi connectivity index (χ3n) is 3.46. The molecule has 0 bridgehead atoms. The molecule has 1 aromatic heterocycles. The number of aromatic nitrogens is 1. The maximum atomic E-state index is 11.5. The average Bonchev–Trinajstić information content (AvgIpc) is 2.46. The van der Waals surface area contributed by atoms with Crippen LogP contribution >= 0.6 is 11.6 Å². The Morgan fingerprint density at radius 2 is 2.00 bits per heavy atom. The van der Waals surface area contributed by atoms with Gasteiger partial charge in [-0.1, -0.05) is 23.7 Å². The fourth-order valence-electron chi connectivity index (χ4n) is 2.19. The van der Waals surface area contributed by atoms with E-state index in [2.05, 4.69) is 4.98 Å². The SMILES string of the molecule is CC(C)(C)N(Cc1cccc(-c2ccc(Cl)c(N)c2)n1)C(=O)O. The van der Waals surface area contributed by atoms with E-state index in [9.17, 15) is 9.90 Å². The Balaban J connectivity index is 2.32. The Hall–Kier alpha value is -2.27. The molecule has 6 heteroatoms. The maximum Gasteiger partial charge on any atom is 0.408 e. The summed E-state index contributed by atoms with van der Waals surface area (Å²) in [6.45, 7) is 5.77. The summed E-state index contributed by atoms with van der Waals surface area (Å²) in [7, 11) is 0. The number of anilines is 1. The van der Waals surface area contributed by atoms with Gasteiger partial charge in [0.1, 0.15) is 0 Å². The smallest absolute Gasteiger partial charge is 0.408 e. The highest BCUT2D eigenvalue weighted by atomic mass is 35.5. The van der Waals surface area contributed by atoms with Crippen LogP contribution < -0.4 is 5.73 Å². The highest BCUT2D eigenvalue weighted by molar-refractivity contribution is 6.33. The molecule has 0 spiro atoms. The predicted octanol–water partition coefficient (Wildman–Crippen LogP) is 4.26. The monoisotopic (exact) mass is 333 g/mol. The first kappa shape index (κ1) is 17.1. The molecule has 0 aliphatic carbocycles. The van der Waals surface area contributed by atoms with Gasteiger partial charge >= 0.3 is 6.09 Å². The van der Waals surface area contributed by atoms with Crippen LogP contribution in [0.3, 0.4) is 0 Å². The van der Waals surface area contributed by atoms with Crippen molar-refractivity contribution >= 4 is 23.4 Å². The van der Waals surface area contributed by atoms with Crippen molar-refractivity contribution in [2.75, 3.05) is 5.73 Å². The minimum Gasteiger partial charge on any atom is -0.465 e. The van der Waals surface area contributed by atoms with Crippen LogP contribution in [0.2, 0.25) is 5.02 Å². The lowest BCUT2D eigenvalue weighted by atomic mass is 10.1. The number of nitrogens with two attached hydrogens (primary N) is 1. The molecule has 2 rings (SSSR count). The van der Waals surface area contributed by atoms with E-state index in [1.165, 1.54) is 4.90 Å². The van der Waals surface area contributed by atoms with Crippen LogP contribution in [-0.4, -0.2) is 26.6 Å². The van der Waals surface area contributed by atoms with E-state index in [1.54, 1.807) is 12.1 Å². The van der Waals surface area contributed by atoms with Gasteiger partial charge in [-0.25, -0.2) is 4.79 Å². The lowest BCUT2D eigenvalue weighted by molar-refractivity contribution is 0.0947. The van der Waals surface area contributed by atoms with Crippen LogP contribution in [0.5, 0.6) is 0 Å². The van der Waals surface area contributed by atoms with E-state index in [0.29, 0.717) is 16.4 Å². The molecule has 2 aromatic rings. The van der Waals surface area contributed by atoms with Gasteiger partial charge in [0.15, 0.2) is 0 Å². The van der Waals surface area contributed by atoms with Crippen LogP contribution in [-0.2, 0) is 6.54 Å². The molecule has 1 amide bonds. The van der Waals surface area contributed by atoms with Crippen molar-refractivity contribution in [2.24, 2.45) is 0 Å². The summed E-state index contributed by atoms with van der Waals surface area (Å²) in [6, 6.07) is 10.8. The molecule has 0 aliphatic rings. The number of rotatable bonds is 3. The van der Waals surface area contributed by atoms with Crippen molar-refractivity contribution in [3.63, 3.8) is 0 Å². The standard InChI is InChI=1S/C17H20ClN3O2/c1-17(2,3)21(16(22)23)10-12-5-4-6-15(20-12)11-7-8-13(18)14(19)9-11/h4-9H,10,19H2,1-3H3,(H,22,23). The van der Waals surface area contributed by atoms with Crippen molar-refractivity contribution in [2.45, 2.75) is 32.9 Å². The lowest BCUT2D eigenvalue weighted by Gasteiger charge is -2.32. The van der Waals surface area contributed by atoms with Gasteiger partial charge in [0.25, 0.3) is 0 Å². The molecule has 0 atom stereocenters. The predicted molar refractivity (Wildman–Crippen MR) is 92.4 cm³/mol. The number of benzene rings is 1. The zero-order chi connectivity index (χ0) is 17.2. The first-order valence-corrected chi connectivity index (χ1v) is 7.58.